The lowest BCUT2D eigenvalue weighted by Crippen LogP contribution is -2.29. The van der Waals surface area contributed by atoms with Gasteiger partial charge in [-0.25, -0.2) is 4.79 Å². The van der Waals surface area contributed by atoms with Crippen molar-refractivity contribution in [2.75, 3.05) is 27.2 Å². The van der Waals surface area contributed by atoms with Crippen LogP contribution >= 0.6 is 0 Å². The van der Waals surface area contributed by atoms with Gasteiger partial charge in [-0.2, -0.15) is 0 Å². The van der Waals surface area contributed by atoms with Gasteiger partial charge < -0.3 is 9.64 Å². The Morgan fingerprint density at radius 2 is 2.24 bits per heavy atom. The maximum Gasteiger partial charge on any atom is 0.414 e. The van der Waals surface area contributed by atoms with Gasteiger partial charge in [0, 0.05) is 26.2 Å². The van der Waals surface area contributed by atoms with E-state index in [1.165, 1.54) is 5.56 Å². The lowest BCUT2D eigenvalue weighted by atomic mass is 10.1. The Labute approximate surface area is 127 Å². The molecule has 2 rings (SSSR count). The third-order valence-corrected chi connectivity index (χ3v) is 4.13. The Bertz CT molecular complexity index is 528. The number of ether oxygens (including phenoxy) is 1. The highest BCUT2D eigenvalue weighted by Gasteiger charge is 2.28. The van der Waals surface area contributed by atoms with Crippen LogP contribution in [0.1, 0.15) is 30.5 Å². The summed E-state index contributed by atoms with van der Waals surface area (Å²) in [4.78, 5) is 15.8. The first-order valence-electron chi connectivity index (χ1n) is 7.44. The molecule has 0 aromatic heterocycles. The molecule has 0 saturated heterocycles. The summed E-state index contributed by atoms with van der Waals surface area (Å²) in [5.74, 6) is 0.701. The van der Waals surface area contributed by atoms with Crippen molar-refractivity contribution in [2.24, 2.45) is 0 Å². The minimum absolute atomic E-state index is 0.297. The molecule has 1 atom stereocenters. The third kappa shape index (κ3) is 3.27. The Hall–Kier alpha value is -1.81. The van der Waals surface area contributed by atoms with Gasteiger partial charge in [-0.15, -0.1) is 6.58 Å². The van der Waals surface area contributed by atoms with Crippen LogP contribution in [0, 0.1) is 0 Å². The van der Waals surface area contributed by atoms with Gasteiger partial charge in [0.15, 0.2) is 0 Å². The zero-order chi connectivity index (χ0) is 15.4. The maximum atomic E-state index is 11.9. The standard InChI is InChI=1S/C17H24N2O2/c1-5-12-19(4)15-11-10-14-13(15)8-7-9-16(14)21-17(20)18(3)6-2/h5,7-9,15H,1,6,10-12H2,2-4H3/t15-/m1/s1. The summed E-state index contributed by atoms with van der Waals surface area (Å²) < 4.78 is 5.55. The number of rotatable bonds is 5. The number of carbonyl (C=O) groups excluding carboxylic acids is 1. The second-order valence-electron chi connectivity index (χ2n) is 5.49. The van der Waals surface area contributed by atoms with E-state index >= 15 is 0 Å². The molecule has 0 bridgehead atoms. The molecule has 0 aliphatic heterocycles. The lowest BCUT2D eigenvalue weighted by molar-refractivity contribution is 0.165. The molecule has 4 heteroatoms. The van der Waals surface area contributed by atoms with Crippen LogP contribution in [0.5, 0.6) is 5.75 Å². The van der Waals surface area contributed by atoms with Crippen LogP contribution in [0.3, 0.4) is 0 Å². The Kier molecular flexibility index (Phi) is 5.02. The lowest BCUT2D eigenvalue weighted by Gasteiger charge is -2.24. The van der Waals surface area contributed by atoms with Crippen molar-refractivity contribution in [1.29, 1.82) is 0 Å². The molecular weight excluding hydrogens is 264 g/mol. The monoisotopic (exact) mass is 288 g/mol. The first-order chi connectivity index (χ1) is 10.1. The molecule has 21 heavy (non-hydrogen) atoms. The van der Waals surface area contributed by atoms with Crippen molar-refractivity contribution in [3.05, 3.63) is 42.0 Å². The van der Waals surface area contributed by atoms with E-state index in [0.717, 1.165) is 24.9 Å². The van der Waals surface area contributed by atoms with E-state index in [1.807, 2.05) is 25.1 Å². The van der Waals surface area contributed by atoms with Crippen molar-refractivity contribution in [2.45, 2.75) is 25.8 Å². The SMILES string of the molecule is C=CCN(C)[C@@H]1CCc2c(OC(=O)N(C)CC)cccc21. The third-order valence-electron chi connectivity index (χ3n) is 4.13. The molecule has 0 N–H and O–H groups in total. The molecule has 0 radical (unpaired) electrons. The van der Waals surface area contributed by atoms with E-state index in [4.69, 9.17) is 4.74 Å². The van der Waals surface area contributed by atoms with Crippen molar-refractivity contribution < 1.29 is 9.53 Å². The van der Waals surface area contributed by atoms with Gasteiger partial charge in [0.25, 0.3) is 0 Å². The molecule has 1 aliphatic rings. The van der Waals surface area contributed by atoms with Gasteiger partial charge in [0.1, 0.15) is 5.75 Å². The predicted molar refractivity (Wildman–Crippen MR) is 84.7 cm³/mol. The van der Waals surface area contributed by atoms with Crippen molar-refractivity contribution >= 4 is 6.09 Å². The Morgan fingerprint density at radius 3 is 2.90 bits per heavy atom. The number of hydrogen-bond donors (Lipinski definition) is 0. The molecule has 0 spiro atoms. The minimum atomic E-state index is -0.297. The van der Waals surface area contributed by atoms with E-state index < -0.39 is 0 Å². The van der Waals surface area contributed by atoms with Gasteiger partial charge in [0.05, 0.1) is 0 Å². The van der Waals surface area contributed by atoms with Crippen molar-refractivity contribution in [3.63, 3.8) is 0 Å². The smallest absolute Gasteiger partial charge is 0.410 e. The van der Waals surface area contributed by atoms with E-state index in [2.05, 4.69) is 24.6 Å². The summed E-state index contributed by atoms with van der Waals surface area (Å²) in [7, 11) is 3.84. The first kappa shape index (κ1) is 15.6. The zero-order valence-corrected chi connectivity index (χ0v) is 13.1. The largest absolute Gasteiger partial charge is 0.414 e. The van der Waals surface area contributed by atoms with Crippen LogP contribution in [0.25, 0.3) is 0 Å². The molecule has 1 aromatic rings. The minimum Gasteiger partial charge on any atom is -0.410 e. The summed E-state index contributed by atoms with van der Waals surface area (Å²) in [5, 5.41) is 0. The van der Waals surface area contributed by atoms with Crippen molar-refractivity contribution in [3.8, 4) is 5.75 Å². The first-order valence-corrected chi connectivity index (χ1v) is 7.44. The molecule has 1 aromatic carbocycles. The summed E-state index contributed by atoms with van der Waals surface area (Å²) in [6, 6.07) is 6.36. The number of likely N-dealkylation sites (N-methyl/N-ethyl adjacent to an activating group) is 1. The summed E-state index contributed by atoms with van der Waals surface area (Å²) >= 11 is 0. The zero-order valence-electron chi connectivity index (χ0n) is 13.1. The fourth-order valence-corrected chi connectivity index (χ4v) is 2.78. The number of carbonyl (C=O) groups is 1. The summed E-state index contributed by atoms with van der Waals surface area (Å²) in [6.07, 6.45) is 3.62. The van der Waals surface area contributed by atoms with Crippen LogP contribution in [0.2, 0.25) is 0 Å². The molecule has 0 heterocycles. The molecule has 0 saturated carbocycles. The van der Waals surface area contributed by atoms with Gasteiger partial charge in [-0.05, 0) is 44.0 Å². The van der Waals surface area contributed by atoms with Gasteiger partial charge in [-0.3, -0.25) is 4.90 Å². The second kappa shape index (κ2) is 6.76. The highest BCUT2D eigenvalue weighted by molar-refractivity contribution is 5.71. The average molecular weight is 288 g/mol. The average Bonchev–Trinajstić information content (AvgIpc) is 2.91. The van der Waals surface area contributed by atoms with Crippen LogP contribution in [-0.4, -0.2) is 43.1 Å². The number of amides is 1. The number of benzene rings is 1. The van der Waals surface area contributed by atoms with Crippen LogP contribution in [0.15, 0.2) is 30.9 Å². The molecule has 1 aliphatic carbocycles. The van der Waals surface area contributed by atoms with E-state index in [-0.39, 0.29) is 6.09 Å². The van der Waals surface area contributed by atoms with E-state index in [0.29, 0.717) is 18.3 Å². The van der Waals surface area contributed by atoms with Gasteiger partial charge in [-0.1, -0.05) is 18.2 Å². The normalized spacial score (nSPS) is 16.7. The molecule has 1 amide bonds. The number of hydrogen-bond acceptors (Lipinski definition) is 3. The molecule has 0 fully saturated rings. The summed E-state index contributed by atoms with van der Waals surface area (Å²) in [5.41, 5.74) is 2.43. The quantitative estimate of drug-likeness (QED) is 0.780. The number of nitrogens with zero attached hydrogens (tertiary/aromatic N) is 2. The van der Waals surface area contributed by atoms with E-state index in [1.54, 1.807) is 11.9 Å². The fourth-order valence-electron chi connectivity index (χ4n) is 2.78. The Morgan fingerprint density at radius 1 is 1.48 bits per heavy atom. The number of fused-ring (bicyclic) bond motifs is 1. The Balaban J connectivity index is 2.21. The topological polar surface area (TPSA) is 32.8 Å². The van der Waals surface area contributed by atoms with E-state index in [9.17, 15) is 4.79 Å². The summed E-state index contributed by atoms with van der Waals surface area (Å²) in [6.45, 7) is 7.22. The second-order valence-corrected chi connectivity index (χ2v) is 5.49. The molecular formula is C17H24N2O2. The molecule has 114 valence electrons. The highest BCUT2D eigenvalue weighted by Crippen LogP contribution is 2.39. The fraction of sp³-hybridized carbons (Fsp3) is 0.471. The van der Waals surface area contributed by atoms with Gasteiger partial charge in [0.2, 0.25) is 0 Å². The van der Waals surface area contributed by atoms with Crippen LogP contribution in [0.4, 0.5) is 4.79 Å². The van der Waals surface area contributed by atoms with Crippen LogP contribution in [-0.2, 0) is 6.42 Å². The van der Waals surface area contributed by atoms with Crippen LogP contribution < -0.4 is 4.74 Å². The van der Waals surface area contributed by atoms with Crippen molar-refractivity contribution in [1.82, 2.24) is 9.80 Å². The molecule has 0 unspecified atom stereocenters. The predicted octanol–water partition coefficient (Wildman–Crippen LogP) is 3.24. The molecule has 4 nitrogen and oxygen atoms in total. The maximum absolute atomic E-state index is 11.9. The van der Waals surface area contributed by atoms with Gasteiger partial charge >= 0.3 is 6.09 Å². The highest BCUT2D eigenvalue weighted by atomic mass is 16.6.